The van der Waals surface area contributed by atoms with Crippen molar-refractivity contribution in [3.8, 4) is 6.07 Å². The summed E-state index contributed by atoms with van der Waals surface area (Å²) in [7, 11) is 1.55. The Labute approximate surface area is 136 Å². The molecule has 7 heteroatoms. The minimum absolute atomic E-state index is 0.198. The van der Waals surface area contributed by atoms with Gasteiger partial charge in [-0.3, -0.25) is 9.59 Å². The van der Waals surface area contributed by atoms with E-state index in [0.717, 1.165) is 11.3 Å². The third-order valence-corrected chi connectivity index (χ3v) is 4.34. The van der Waals surface area contributed by atoms with Crippen LogP contribution in [-0.4, -0.2) is 32.0 Å². The van der Waals surface area contributed by atoms with Crippen molar-refractivity contribution in [1.29, 1.82) is 5.26 Å². The van der Waals surface area contributed by atoms with E-state index < -0.39 is 23.4 Å². The third-order valence-electron chi connectivity index (χ3n) is 3.23. The summed E-state index contributed by atoms with van der Waals surface area (Å²) < 4.78 is 19.1. The molecule has 1 aromatic heterocycles. The van der Waals surface area contributed by atoms with Gasteiger partial charge in [-0.1, -0.05) is 6.07 Å². The van der Waals surface area contributed by atoms with E-state index in [1.54, 1.807) is 25.3 Å². The number of carbonyl (C=O) groups excluding carboxylic acids is 2. The van der Waals surface area contributed by atoms with Gasteiger partial charge in [-0.15, -0.1) is 11.3 Å². The molecule has 1 aromatic carbocycles. The van der Waals surface area contributed by atoms with E-state index in [1.807, 2.05) is 0 Å². The Hall–Kier alpha value is -2.30. The standard InChI is InChI=1S/C16H15FN2O3S/c1-22-7-3-6-19-16(21)11(9-18)15(20)14-8-10-12(17)4-2-5-13(10)23-14/h2,4-5,8,11H,3,6-7H2,1H3,(H,19,21)/t11-/m0/s1. The number of fused-ring (bicyclic) bond motifs is 1. The summed E-state index contributed by atoms with van der Waals surface area (Å²) in [5.41, 5.74) is 0. The molecule has 0 saturated heterocycles. The minimum Gasteiger partial charge on any atom is -0.385 e. The SMILES string of the molecule is COCCCNC(=O)[C@@H](C#N)C(=O)c1cc2c(F)cccc2s1. The van der Waals surface area contributed by atoms with Crippen molar-refractivity contribution < 1.29 is 18.7 Å². The molecule has 0 unspecified atom stereocenters. The molecule has 2 rings (SSSR count). The number of carbonyl (C=O) groups is 2. The van der Waals surface area contributed by atoms with Crippen LogP contribution in [0.1, 0.15) is 16.1 Å². The van der Waals surface area contributed by atoms with Crippen LogP contribution in [0.15, 0.2) is 24.3 Å². The van der Waals surface area contributed by atoms with Crippen LogP contribution in [0, 0.1) is 23.1 Å². The Morgan fingerprint density at radius 3 is 2.91 bits per heavy atom. The molecule has 0 aliphatic carbocycles. The number of methoxy groups -OCH3 is 1. The number of ether oxygens (including phenoxy) is 1. The van der Waals surface area contributed by atoms with Crippen LogP contribution < -0.4 is 5.32 Å². The Balaban J connectivity index is 2.13. The van der Waals surface area contributed by atoms with Crippen LogP contribution in [0.5, 0.6) is 0 Å². The maximum Gasteiger partial charge on any atom is 0.245 e. The van der Waals surface area contributed by atoms with Gasteiger partial charge in [-0.2, -0.15) is 5.26 Å². The lowest BCUT2D eigenvalue weighted by Gasteiger charge is -2.08. The predicted molar refractivity (Wildman–Crippen MR) is 84.7 cm³/mol. The lowest BCUT2D eigenvalue weighted by Crippen LogP contribution is -2.35. The lowest BCUT2D eigenvalue weighted by atomic mass is 10.0. The molecule has 0 radical (unpaired) electrons. The normalized spacial score (nSPS) is 11.9. The second-order valence-electron chi connectivity index (χ2n) is 4.83. The van der Waals surface area contributed by atoms with Gasteiger partial charge >= 0.3 is 0 Å². The third kappa shape index (κ3) is 3.92. The summed E-state index contributed by atoms with van der Waals surface area (Å²) in [4.78, 5) is 24.5. The van der Waals surface area contributed by atoms with E-state index in [9.17, 15) is 14.0 Å². The van der Waals surface area contributed by atoms with Gasteiger partial charge in [0.15, 0.2) is 11.7 Å². The first-order valence-corrected chi connectivity index (χ1v) is 7.78. The van der Waals surface area contributed by atoms with Crippen LogP contribution in [0.4, 0.5) is 4.39 Å². The van der Waals surface area contributed by atoms with Gasteiger partial charge < -0.3 is 10.1 Å². The molecule has 0 aliphatic heterocycles. The maximum atomic E-state index is 13.7. The van der Waals surface area contributed by atoms with Gasteiger partial charge in [-0.25, -0.2) is 4.39 Å². The number of rotatable bonds is 7. The number of nitrogens with zero attached hydrogens (tertiary/aromatic N) is 1. The Kier molecular flexibility index (Phi) is 5.79. The first-order chi connectivity index (χ1) is 11.1. The van der Waals surface area contributed by atoms with Crippen LogP contribution in [0.2, 0.25) is 0 Å². The molecule has 120 valence electrons. The quantitative estimate of drug-likeness (QED) is 0.479. The summed E-state index contributed by atoms with van der Waals surface area (Å²) in [6.07, 6.45) is 0.586. The average Bonchev–Trinajstić information content (AvgIpc) is 2.98. The van der Waals surface area contributed by atoms with Gasteiger partial charge in [0.2, 0.25) is 5.91 Å². The molecule has 0 spiro atoms. The maximum absolute atomic E-state index is 13.7. The largest absolute Gasteiger partial charge is 0.385 e. The van der Waals surface area contributed by atoms with Gasteiger partial charge in [0.05, 0.1) is 10.9 Å². The molecule has 1 N–H and O–H groups in total. The van der Waals surface area contributed by atoms with Gasteiger partial charge in [0.25, 0.3) is 0 Å². The van der Waals surface area contributed by atoms with Gasteiger partial charge in [0, 0.05) is 30.3 Å². The second-order valence-corrected chi connectivity index (χ2v) is 5.91. The van der Waals surface area contributed by atoms with Crippen molar-refractivity contribution in [2.24, 2.45) is 5.92 Å². The molecule has 23 heavy (non-hydrogen) atoms. The first-order valence-electron chi connectivity index (χ1n) is 6.97. The molecule has 1 atom stereocenters. The number of amides is 1. The Morgan fingerprint density at radius 2 is 2.26 bits per heavy atom. The number of hydrogen-bond donors (Lipinski definition) is 1. The molecular formula is C16H15FN2O3S. The zero-order valence-corrected chi connectivity index (χ0v) is 13.3. The fourth-order valence-electron chi connectivity index (χ4n) is 2.06. The summed E-state index contributed by atoms with van der Waals surface area (Å²) in [5, 5.41) is 12.0. The highest BCUT2D eigenvalue weighted by molar-refractivity contribution is 7.20. The number of benzene rings is 1. The van der Waals surface area contributed by atoms with Gasteiger partial charge in [-0.05, 0) is 24.6 Å². The van der Waals surface area contributed by atoms with Gasteiger partial charge in [0.1, 0.15) is 5.82 Å². The first kappa shape index (κ1) is 17.1. The lowest BCUT2D eigenvalue weighted by molar-refractivity contribution is -0.122. The molecule has 0 saturated carbocycles. The van der Waals surface area contributed by atoms with Crippen molar-refractivity contribution in [2.75, 3.05) is 20.3 Å². The summed E-state index contributed by atoms with van der Waals surface area (Å²) >= 11 is 1.07. The number of thiophene rings is 1. The fourth-order valence-corrected chi connectivity index (χ4v) is 3.10. The fraction of sp³-hybridized carbons (Fsp3) is 0.312. The number of halogens is 1. The van der Waals surface area contributed by atoms with E-state index in [1.165, 1.54) is 12.1 Å². The number of nitriles is 1. The minimum atomic E-state index is -1.44. The number of hydrogen-bond acceptors (Lipinski definition) is 5. The molecule has 0 bridgehead atoms. The van der Waals surface area contributed by atoms with Crippen LogP contribution in [0.3, 0.4) is 0 Å². The predicted octanol–water partition coefficient (Wildman–Crippen LogP) is 2.52. The van der Waals surface area contributed by atoms with Crippen molar-refractivity contribution in [3.63, 3.8) is 0 Å². The van der Waals surface area contributed by atoms with Crippen molar-refractivity contribution in [1.82, 2.24) is 5.32 Å². The summed E-state index contributed by atoms with van der Waals surface area (Å²) in [6, 6.07) is 7.64. The van der Waals surface area contributed by atoms with E-state index in [0.29, 0.717) is 29.7 Å². The number of Topliss-reactive ketones (excluding diaryl/α,β-unsaturated/α-hetero) is 1. The Bertz CT molecular complexity index is 766. The monoisotopic (exact) mass is 334 g/mol. The molecule has 0 aliphatic rings. The zero-order chi connectivity index (χ0) is 16.8. The summed E-state index contributed by atoms with van der Waals surface area (Å²) in [5.74, 6) is -3.13. The topological polar surface area (TPSA) is 79.2 Å². The molecule has 1 amide bonds. The smallest absolute Gasteiger partial charge is 0.245 e. The van der Waals surface area contributed by atoms with Crippen LogP contribution >= 0.6 is 11.3 Å². The number of nitrogens with one attached hydrogen (secondary N) is 1. The number of ketones is 1. The van der Waals surface area contributed by atoms with E-state index in [4.69, 9.17) is 10.00 Å². The molecule has 2 aromatic rings. The van der Waals surface area contributed by atoms with E-state index >= 15 is 0 Å². The zero-order valence-electron chi connectivity index (χ0n) is 12.5. The highest BCUT2D eigenvalue weighted by atomic mass is 32.1. The highest BCUT2D eigenvalue weighted by Gasteiger charge is 2.28. The molecule has 0 fully saturated rings. The second kappa shape index (κ2) is 7.81. The Morgan fingerprint density at radius 1 is 1.48 bits per heavy atom. The van der Waals surface area contributed by atoms with E-state index in [2.05, 4.69) is 5.32 Å². The van der Waals surface area contributed by atoms with Crippen molar-refractivity contribution >= 4 is 33.1 Å². The average molecular weight is 334 g/mol. The molecule has 1 heterocycles. The van der Waals surface area contributed by atoms with Crippen molar-refractivity contribution in [3.05, 3.63) is 35.0 Å². The van der Waals surface area contributed by atoms with Crippen LogP contribution in [0.25, 0.3) is 10.1 Å². The molecule has 5 nitrogen and oxygen atoms in total. The highest BCUT2D eigenvalue weighted by Crippen LogP contribution is 2.29. The van der Waals surface area contributed by atoms with E-state index in [-0.39, 0.29) is 4.88 Å². The summed E-state index contributed by atoms with van der Waals surface area (Å²) in [6.45, 7) is 0.792. The van der Waals surface area contributed by atoms with Crippen LogP contribution in [-0.2, 0) is 9.53 Å². The molecular weight excluding hydrogens is 319 g/mol. The van der Waals surface area contributed by atoms with Crippen molar-refractivity contribution in [2.45, 2.75) is 6.42 Å².